The van der Waals surface area contributed by atoms with Gasteiger partial charge < -0.3 is 9.52 Å². The zero-order valence-electron chi connectivity index (χ0n) is 9.62. The van der Waals surface area contributed by atoms with Gasteiger partial charge in [-0.3, -0.25) is 4.57 Å². The van der Waals surface area contributed by atoms with Crippen LogP contribution in [0.4, 0.5) is 0 Å². The fourth-order valence-corrected chi connectivity index (χ4v) is 1.90. The van der Waals surface area contributed by atoms with Crippen molar-refractivity contribution in [3.8, 4) is 0 Å². The summed E-state index contributed by atoms with van der Waals surface area (Å²) in [5.74, 6) is -2.09. The second kappa shape index (κ2) is 4.48. The predicted molar refractivity (Wildman–Crippen MR) is 63.7 cm³/mol. The van der Waals surface area contributed by atoms with Crippen molar-refractivity contribution in [1.29, 1.82) is 0 Å². The third-order valence-electron chi connectivity index (χ3n) is 2.74. The van der Waals surface area contributed by atoms with E-state index in [1.165, 1.54) is 12.1 Å². The first kappa shape index (κ1) is 12.1. The fraction of sp³-hybridized carbons (Fsp3) is 0.250. The van der Waals surface area contributed by atoms with E-state index in [1.807, 2.05) is 0 Å². The van der Waals surface area contributed by atoms with Gasteiger partial charge in [-0.25, -0.2) is 14.4 Å². The topological polar surface area (TPSA) is 89.5 Å². The van der Waals surface area contributed by atoms with Gasteiger partial charge in [-0.05, 0) is 18.6 Å². The average Bonchev–Trinajstić information content (AvgIpc) is 2.34. The number of rotatable bonds is 3. The molecule has 0 bridgehead atoms. The first-order valence-electron chi connectivity index (χ1n) is 5.43. The molecule has 2 rings (SSSR count). The van der Waals surface area contributed by atoms with Gasteiger partial charge in [0.1, 0.15) is 6.04 Å². The maximum Gasteiger partial charge on any atom is 0.423 e. The number of nitrogens with zero attached hydrogens (tertiary/aromatic N) is 1. The molecule has 0 saturated carbocycles. The number of aliphatic carboxylic acids is 1. The normalized spacial score (nSPS) is 12.5. The van der Waals surface area contributed by atoms with Gasteiger partial charge in [0.05, 0.1) is 10.9 Å². The number of aromatic nitrogens is 1. The predicted octanol–water partition coefficient (Wildman–Crippen LogP) is 0.990. The molecular weight excluding hydrogens is 238 g/mol. The van der Waals surface area contributed by atoms with Crippen molar-refractivity contribution in [3.63, 3.8) is 0 Å². The minimum Gasteiger partial charge on any atom is -0.480 e. The van der Waals surface area contributed by atoms with E-state index < -0.39 is 23.4 Å². The monoisotopic (exact) mass is 249 g/mol. The Hall–Kier alpha value is -2.37. The zero-order valence-corrected chi connectivity index (χ0v) is 9.62. The molecule has 0 saturated heterocycles. The van der Waals surface area contributed by atoms with Crippen molar-refractivity contribution in [2.45, 2.75) is 19.4 Å². The smallest absolute Gasteiger partial charge is 0.423 e. The second-order valence-electron chi connectivity index (χ2n) is 3.80. The number of fused-ring (bicyclic) bond motifs is 1. The molecule has 1 atom stereocenters. The van der Waals surface area contributed by atoms with E-state index in [9.17, 15) is 14.4 Å². The molecule has 6 nitrogen and oxygen atoms in total. The molecule has 1 unspecified atom stereocenters. The van der Waals surface area contributed by atoms with Crippen LogP contribution in [0.15, 0.2) is 38.3 Å². The number of hydrogen-bond donors (Lipinski definition) is 1. The van der Waals surface area contributed by atoms with Crippen LogP contribution in [0.25, 0.3) is 10.9 Å². The van der Waals surface area contributed by atoms with E-state index in [0.29, 0.717) is 0 Å². The third kappa shape index (κ3) is 1.81. The van der Waals surface area contributed by atoms with Gasteiger partial charge in [0.2, 0.25) is 0 Å². The second-order valence-corrected chi connectivity index (χ2v) is 3.80. The molecule has 0 spiro atoms. The highest BCUT2D eigenvalue weighted by atomic mass is 16.4. The molecule has 0 aliphatic heterocycles. The molecule has 1 aromatic heterocycles. The van der Waals surface area contributed by atoms with Crippen LogP contribution in [-0.2, 0) is 4.79 Å². The van der Waals surface area contributed by atoms with Gasteiger partial charge in [-0.15, -0.1) is 0 Å². The van der Waals surface area contributed by atoms with Gasteiger partial charge in [-0.1, -0.05) is 19.1 Å². The van der Waals surface area contributed by atoms with Crippen LogP contribution < -0.4 is 11.4 Å². The Balaban J connectivity index is 2.90. The van der Waals surface area contributed by atoms with Gasteiger partial charge in [0, 0.05) is 0 Å². The van der Waals surface area contributed by atoms with Crippen LogP contribution in [0.2, 0.25) is 0 Å². The van der Waals surface area contributed by atoms with E-state index in [1.54, 1.807) is 19.1 Å². The molecule has 0 aliphatic rings. The van der Waals surface area contributed by atoms with E-state index >= 15 is 0 Å². The molecule has 0 aliphatic carbocycles. The molecule has 2 aromatic rings. The SMILES string of the molecule is CCC(C(=O)O)n1c(=O)oc(=O)c2ccccc21. The molecule has 18 heavy (non-hydrogen) atoms. The lowest BCUT2D eigenvalue weighted by Crippen LogP contribution is -2.32. The molecule has 6 heteroatoms. The maximum absolute atomic E-state index is 11.7. The summed E-state index contributed by atoms with van der Waals surface area (Å²) in [5.41, 5.74) is -0.486. The van der Waals surface area contributed by atoms with Gasteiger partial charge in [0.15, 0.2) is 0 Å². The Morgan fingerprint density at radius 1 is 1.39 bits per heavy atom. The summed E-state index contributed by atoms with van der Waals surface area (Å²) in [7, 11) is 0. The Morgan fingerprint density at radius 2 is 2.06 bits per heavy atom. The van der Waals surface area contributed by atoms with Gasteiger partial charge >= 0.3 is 17.4 Å². The van der Waals surface area contributed by atoms with Crippen molar-refractivity contribution < 1.29 is 14.3 Å². The van der Waals surface area contributed by atoms with Gasteiger partial charge in [0.25, 0.3) is 0 Å². The van der Waals surface area contributed by atoms with Crippen molar-refractivity contribution in [2.75, 3.05) is 0 Å². The van der Waals surface area contributed by atoms with E-state index in [-0.39, 0.29) is 17.3 Å². The molecule has 0 fully saturated rings. The zero-order chi connectivity index (χ0) is 13.3. The van der Waals surface area contributed by atoms with Crippen LogP contribution >= 0.6 is 0 Å². The Kier molecular flexibility index (Phi) is 3.01. The van der Waals surface area contributed by atoms with Crippen LogP contribution in [0, 0.1) is 0 Å². The summed E-state index contributed by atoms with van der Waals surface area (Å²) in [4.78, 5) is 34.3. The van der Waals surface area contributed by atoms with Crippen molar-refractivity contribution in [3.05, 3.63) is 45.2 Å². The fourth-order valence-electron chi connectivity index (χ4n) is 1.90. The number of hydrogen-bond acceptors (Lipinski definition) is 4. The van der Waals surface area contributed by atoms with Crippen LogP contribution in [0.3, 0.4) is 0 Å². The molecule has 1 heterocycles. The number of para-hydroxylation sites is 1. The summed E-state index contributed by atoms with van der Waals surface area (Å²) < 4.78 is 5.54. The Bertz CT molecular complexity index is 712. The van der Waals surface area contributed by atoms with E-state index in [0.717, 1.165) is 4.57 Å². The van der Waals surface area contributed by atoms with Crippen LogP contribution in [-0.4, -0.2) is 15.6 Å². The molecule has 1 N–H and O–H groups in total. The lowest BCUT2D eigenvalue weighted by molar-refractivity contribution is -0.141. The highest BCUT2D eigenvalue weighted by Gasteiger charge is 2.22. The maximum atomic E-state index is 11.7. The summed E-state index contributed by atoms with van der Waals surface area (Å²) in [6, 6.07) is 5.22. The Morgan fingerprint density at radius 3 is 2.67 bits per heavy atom. The summed E-state index contributed by atoms with van der Waals surface area (Å²) in [5, 5.41) is 9.29. The van der Waals surface area contributed by atoms with Crippen molar-refractivity contribution in [2.24, 2.45) is 0 Å². The highest BCUT2D eigenvalue weighted by Crippen LogP contribution is 2.15. The van der Waals surface area contributed by atoms with E-state index in [4.69, 9.17) is 5.11 Å². The number of carboxylic acids is 1. The molecule has 0 radical (unpaired) electrons. The Labute approximate surface area is 101 Å². The van der Waals surface area contributed by atoms with Crippen LogP contribution in [0.1, 0.15) is 19.4 Å². The average molecular weight is 249 g/mol. The lowest BCUT2D eigenvalue weighted by atomic mass is 10.2. The first-order chi connectivity index (χ1) is 8.56. The summed E-state index contributed by atoms with van der Waals surface area (Å²) in [6.45, 7) is 1.64. The van der Waals surface area contributed by atoms with Crippen molar-refractivity contribution >= 4 is 16.9 Å². The lowest BCUT2D eigenvalue weighted by Gasteiger charge is -2.14. The summed E-state index contributed by atoms with van der Waals surface area (Å²) in [6.07, 6.45) is 0.215. The molecular formula is C12H11NO5. The standard InChI is InChI=1S/C12H11NO5/c1-2-8(10(14)15)13-9-6-4-3-5-7(9)11(16)18-12(13)17/h3-6,8H,2H2,1H3,(H,14,15). The molecule has 94 valence electrons. The first-order valence-corrected chi connectivity index (χ1v) is 5.43. The van der Waals surface area contributed by atoms with Crippen molar-refractivity contribution in [1.82, 2.24) is 4.57 Å². The third-order valence-corrected chi connectivity index (χ3v) is 2.74. The molecule has 1 aromatic carbocycles. The summed E-state index contributed by atoms with van der Waals surface area (Å²) >= 11 is 0. The largest absolute Gasteiger partial charge is 0.480 e. The molecule has 0 amide bonds. The quantitative estimate of drug-likeness (QED) is 0.876. The number of carboxylic acid groups (broad SMARTS) is 1. The van der Waals surface area contributed by atoms with Gasteiger partial charge in [-0.2, -0.15) is 0 Å². The van der Waals surface area contributed by atoms with Crippen LogP contribution in [0.5, 0.6) is 0 Å². The van der Waals surface area contributed by atoms with E-state index in [2.05, 4.69) is 4.42 Å². The minimum absolute atomic E-state index is 0.191. The number of benzene rings is 1. The highest BCUT2D eigenvalue weighted by molar-refractivity contribution is 5.80. The minimum atomic E-state index is -1.14. The number of carbonyl (C=O) groups is 1.